The predicted molar refractivity (Wildman–Crippen MR) is 147 cm³/mol. The van der Waals surface area contributed by atoms with E-state index < -0.39 is 0 Å². The average Bonchev–Trinajstić information content (AvgIpc) is 2.92. The fourth-order valence-electron chi connectivity index (χ4n) is 4.41. The Hall–Kier alpha value is -4.28. The van der Waals surface area contributed by atoms with Crippen LogP contribution in [-0.4, -0.2) is 17.2 Å². The Labute approximate surface area is 213 Å². The topological polar surface area (TPSA) is 49.0 Å². The zero-order valence-electron chi connectivity index (χ0n) is 21.1. The number of rotatable bonds is 7. The molecule has 180 valence electrons. The number of pyridine rings is 1. The van der Waals surface area contributed by atoms with Crippen LogP contribution in [0.1, 0.15) is 52.8 Å². The maximum Gasteiger partial charge on any atom is 0.123 e. The van der Waals surface area contributed by atoms with Crippen LogP contribution < -0.4 is 0 Å². The third-order valence-corrected chi connectivity index (χ3v) is 6.20. The number of fused-ring (bicyclic) bond motifs is 1. The molecule has 3 aromatic carbocycles. The van der Waals surface area contributed by atoms with Gasteiger partial charge in [-0.05, 0) is 91.8 Å². The molecule has 0 fully saturated rings. The van der Waals surface area contributed by atoms with E-state index in [9.17, 15) is 9.65 Å². The van der Waals surface area contributed by atoms with Crippen molar-refractivity contribution in [1.82, 2.24) is 4.98 Å². The molecule has 0 aliphatic carbocycles. The Morgan fingerprint density at radius 1 is 0.972 bits per heavy atom. The normalized spacial score (nSPS) is 11.0. The van der Waals surface area contributed by atoms with E-state index in [1.54, 1.807) is 0 Å². The van der Waals surface area contributed by atoms with Crippen LogP contribution in [0, 0.1) is 36.9 Å². The predicted octanol–water partition coefficient (Wildman–Crippen LogP) is 7.01. The van der Waals surface area contributed by atoms with Crippen LogP contribution in [0.15, 0.2) is 71.9 Å². The molecule has 0 unspecified atom stereocenters. The van der Waals surface area contributed by atoms with Gasteiger partial charge in [-0.2, -0.15) is 5.26 Å². The van der Waals surface area contributed by atoms with Gasteiger partial charge in [0.2, 0.25) is 0 Å². The van der Waals surface area contributed by atoms with Gasteiger partial charge in [-0.3, -0.25) is 9.98 Å². The lowest BCUT2D eigenvalue weighted by Gasteiger charge is -2.16. The molecule has 0 atom stereocenters. The summed E-state index contributed by atoms with van der Waals surface area (Å²) in [7, 11) is 0. The van der Waals surface area contributed by atoms with Gasteiger partial charge in [-0.15, -0.1) is 12.8 Å². The number of nitrogens with zero attached hydrogens (tertiary/aromatic N) is 3. The largest absolute Gasteiger partial charge is 0.284 e. The molecule has 0 aliphatic heterocycles. The number of aryl methyl sites for hydroxylation is 4. The average molecular weight is 476 g/mol. The second kappa shape index (κ2) is 12.4. The molecule has 3 nitrogen and oxygen atoms in total. The highest BCUT2D eigenvalue weighted by molar-refractivity contribution is 6.20. The van der Waals surface area contributed by atoms with Crippen molar-refractivity contribution in [2.24, 2.45) is 4.99 Å². The Bertz CT molecular complexity index is 1420. The number of hydrogen-bond acceptors (Lipinski definition) is 3. The monoisotopic (exact) mass is 475 g/mol. The molecule has 4 heteroatoms. The highest BCUT2D eigenvalue weighted by Gasteiger charge is 2.16. The zero-order valence-corrected chi connectivity index (χ0v) is 21.1. The molecule has 0 radical (unpaired) electrons. The van der Waals surface area contributed by atoms with E-state index in [2.05, 4.69) is 44.9 Å². The van der Waals surface area contributed by atoms with Gasteiger partial charge in [0.1, 0.15) is 5.82 Å². The SMILES string of the molecule is C#C.CCN=C(c1ccc(C#N)cc1)c1c(C)cnc2cc(CC)c(CCc3ccc(F)cc3)cc12. The summed E-state index contributed by atoms with van der Waals surface area (Å²) in [5.74, 6) is -0.208. The van der Waals surface area contributed by atoms with Crippen molar-refractivity contribution in [3.8, 4) is 18.9 Å². The van der Waals surface area contributed by atoms with E-state index in [-0.39, 0.29) is 5.82 Å². The Morgan fingerprint density at radius 3 is 2.28 bits per heavy atom. The van der Waals surface area contributed by atoms with Crippen molar-refractivity contribution in [2.45, 2.75) is 40.0 Å². The summed E-state index contributed by atoms with van der Waals surface area (Å²) in [6, 6.07) is 21.0. The minimum absolute atomic E-state index is 0.208. The number of hydrogen-bond donors (Lipinski definition) is 0. The maximum atomic E-state index is 13.3. The summed E-state index contributed by atoms with van der Waals surface area (Å²) in [4.78, 5) is 9.62. The lowest BCUT2D eigenvalue weighted by atomic mass is 9.90. The minimum atomic E-state index is -0.208. The third-order valence-electron chi connectivity index (χ3n) is 6.20. The van der Waals surface area contributed by atoms with Crippen LogP contribution in [0.3, 0.4) is 0 Å². The van der Waals surface area contributed by atoms with Gasteiger partial charge < -0.3 is 0 Å². The second-order valence-electron chi connectivity index (χ2n) is 8.45. The van der Waals surface area contributed by atoms with Crippen molar-refractivity contribution >= 4 is 16.6 Å². The molecule has 0 bridgehead atoms. The van der Waals surface area contributed by atoms with Gasteiger partial charge in [0.15, 0.2) is 0 Å². The number of terminal acetylenes is 1. The number of aliphatic imine (C=N–C) groups is 1. The van der Waals surface area contributed by atoms with Crippen LogP contribution in [0.2, 0.25) is 0 Å². The van der Waals surface area contributed by atoms with E-state index in [1.165, 1.54) is 23.3 Å². The van der Waals surface area contributed by atoms with Crippen LogP contribution in [0.5, 0.6) is 0 Å². The third kappa shape index (κ3) is 5.85. The lowest BCUT2D eigenvalue weighted by molar-refractivity contribution is 0.627. The van der Waals surface area contributed by atoms with Gasteiger partial charge in [0.25, 0.3) is 0 Å². The molecule has 4 rings (SSSR count). The van der Waals surface area contributed by atoms with Gasteiger partial charge in [-0.25, -0.2) is 4.39 Å². The van der Waals surface area contributed by atoms with E-state index in [0.29, 0.717) is 12.1 Å². The first-order chi connectivity index (χ1) is 17.5. The number of benzene rings is 3. The number of halogens is 1. The van der Waals surface area contributed by atoms with E-state index in [0.717, 1.165) is 58.1 Å². The Kier molecular flexibility index (Phi) is 9.09. The van der Waals surface area contributed by atoms with Crippen molar-refractivity contribution < 1.29 is 4.39 Å². The van der Waals surface area contributed by atoms with E-state index in [4.69, 9.17) is 9.98 Å². The van der Waals surface area contributed by atoms with Gasteiger partial charge in [0.05, 0.1) is 22.9 Å². The standard InChI is InChI=1S/C30H28FN3.C2H2/c1-4-23-17-28-27(16-25(23)13-6-21-9-14-26(31)15-10-21)29(20(3)19-34-28)30(33-5-2)24-11-7-22(18-32)8-12-24;1-2/h7-12,14-17,19H,4-6,13H2,1-3H3;1-2H. The first kappa shape index (κ1) is 26.3. The molecule has 0 amide bonds. The van der Waals surface area contributed by atoms with Crippen molar-refractivity contribution in [3.05, 3.63) is 112 Å². The minimum Gasteiger partial charge on any atom is -0.284 e. The lowest BCUT2D eigenvalue weighted by Crippen LogP contribution is -2.09. The van der Waals surface area contributed by atoms with E-state index >= 15 is 0 Å². The smallest absolute Gasteiger partial charge is 0.123 e. The molecule has 1 heterocycles. The van der Waals surface area contributed by atoms with Crippen LogP contribution in [0.4, 0.5) is 4.39 Å². The van der Waals surface area contributed by atoms with Crippen molar-refractivity contribution in [3.63, 3.8) is 0 Å². The summed E-state index contributed by atoms with van der Waals surface area (Å²) in [5.41, 5.74) is 9.34. The fraction of sp³-hybridized carbons (Fsp3) is 0.219. The highest BCUT2D eigenvalue weighted by Crippen LogP contribution is 2.28. The molecule has 0 saturated heterocycles. The van der Waals surface area contributed by atoms with Gasteiger partial charge >= 0.3 is 0 Å². The molecular weight excluding hydrogens is 445 g/mol. The number of nitriles is 1. The molecule has 1 aromatic heterocycles. The molecule has 0 aliphatic rings. The molecule has 0 saturated carbocycles. The molecule has 4 aromatic rings. The fourth-order valence-corrected chi connectivity index (χ4v) is 4.41. The molecular formula is C32H30FN3. The molecule has 0 N–H and O–H groups in total. The second-order valence-corrected chi connectivity index (χ2v) is 8.45. The maximum absolute atomic E-state index is 13.3. The zero-order chi connectivity index (χ0) is 26.1. The Balaban J connectivity index is 0.00000176. The summed E-state index contributed by atoms with van der Waals surface area (Å²) in [5, 5.41) is 10.3. The quantitative estimate of drug-likeness (QED) is 0.213. The van der Waals surface area contributed by atoms with E-state index in [1.807, 2.05) is 49.5 Å². The van der Waals surface area contributed by atoms with Crippen LogP contribution in [-0.2, 0) is 19.3 Å². The first-order valence-electron chi connectivity index (χ1n) is 12.1. The first-order valence-corrected chi connectivity index (χ1v) is 12.1. The van der Waals surface area contributed by atoms with Crippen LogP contribution >= 0.6 is 0 Å². The summed E-state index contributed by atoms with van der Waals surface area (Å²) in [6.45, 7) is 6.93. The summed E-state index contributed by atoms with van der Waals surface area (Å²) in [6.07, 6.45) is 12.6. The highest BCUT2D eigenvalue weighted by atomic mass is 19.1. The van der Waals surface area contributed by atoms with Crippen LogP contribution in [0.25, 0.3) is 10.9 Å². The summed E-state index contributed by atoms with van der Waals surface area (Å²) < 4.78 is 13.3. The Morgan fingerprint density at radius 2 is 1.67 bits per heavy atom. The number of aromatic nitrogens is 1. The van der Waals surface area contributed by atoms with Gasteiger partial charge in [-0.1, -0.05) is 31.2 Å². The molecule has 36 heavy (non-hydrogen) atoms. The van der Waals surface area contributed by atoms with Gasteiger partial charge in [0, 0.05) is 29.3 Å². The summed E-state index contributed by atoms with van der Waals surface area (Å²) >= 11 is 0. The van der Waals surface area contributed by atoms with Crippen molar-refractivity contribution in [2.75, 3.05) is 6.54 Å². The molecule has 0 spiro atoms. The van der Waals surface area contributed by atoms with Crippen molar-refractivity contribution in [1.29, 1.82) is 5.26 Å².